The van der Waals surface area contributed by atoms with Crippen LogP contribution in [-0.4, -0.2) is 19.0 Å². The van der Waals surface area contributed by atoms with Crippen LogP contribution in [0, 0.1) is 12.3 Å². The van der Waals surface area contributed by atoms with Gasteiger partial charge in [0.25, 0.3) is 5.91 Å². The maximum atomic E-state index is 12.5. The van der Waals surface area contributed by atoms with Crippen molar-refractivity contribution in [2.24, 2.45) is 5.41 Å². The summed E-state index contributed by atoms with van der Waals surface area (Å²) in [7, 11) is 0. The molecule has 0 radical (unpaired) electrons. The largest absolute Gasteiger partial charge is 0.385 e. The van der Waals surface area contributed by atoms with E-state index in [9.17, 15) is 4.79 Å². The summed E-state index contributed by atoms with van der Waals surface area (Å²) in [6.07, 6.45) is 6.37. The van der Waals surface area contributed by atoms with Crippen molar-refractivity contribution in [1.82, 2.24) is 5.32 Å². The molecular weight excluding hydrogens is 260 g/mol. The molecular formula is C18H28N2O. The van der Waals surface area contributed by atoms with Gasteiger partial charge < -0.3 is 10.6 Å². The molecule has 0 unspecified atom stereocenters. The average Bonchev–Trinajstić information content (AvgIpc) is 2.48. The Kier molecular flexibility index (Phi) is 5.27. The number of benzene rings is 1. The first-order chi connectivity index (χ1) is 10.0. The molecule has 0 atom stereocenters. The molecule has 1 aliphatic rings. The highest BCUT2D eigenvalue weighted by molar-refractivity contribution is 5.99. The van der Waals surface area contributed by atoms with E-state index >= 15 is 0 Å². The molecule has 1 aliphatic carbocycles. The zero-order valence-corrected chi connectivity index (χ0v) is 13.6. The fraction of sp³-hybridized carbons (Fsp3) is 0.611. The number of amides is 1. The molecule has 2 N–H and O–H groups in total. The second-order valence-electron chi connectivity index (χ2n) is 6.63. The van der Waals surface area contributed by atoms with Gasteiger partial charge in [0.15, 0.2) is 0 Å². The lowest BCUT2D eigenvalue weighted by Gasteiger charge is -2.33. The predicted molar refractivity (Wildman–Crippen MR) is 88.9 cm³/mol. The van der Waals surface area contributed by atoms with Gasteiger partial charge in [0.1, 0.15) is 0 Å². The van der Waals surface area contributed by atoms with Crippen molar-refractivity contribution in [2.45, 2.75) is 52.9 Å². The van der Waals surface area contributed by atoms with Crippen LogP contribution < -0.4 is 10.6 Å². The highest BCUT2D eigenvalue weighted by Gasteiger charge is 2.27. The molecule has 0 heterocycles. The normalized spacial score (nSPS) is 17.3. The first-order valence-electron chi connectivity index (χ1n) is 8.17. The second kappa shape index (κ2) is 6.97. The Morgan fingerprint density at radius 3 is 2.62 bits per heavy atom. The van der Waals surface area contributed by atoms with Crippen molar-refractivity contribution >= 4 is 11.6 Å². The van der Waals surface area contributed by atoms with Gasteiger partial charge in [-0.1, -0.05) is 37.8 Å². The number of carbonyl (C=O) groups is 1. The van der Waals surface area contributed by atoms with Crippen LogP contribution in [0.5, 0.6) is 0 Å². The van der Waals surface area contributed by atoms with E-state index in [1.165, 1.54) is 32.1 Å². The fourth-order valence-electron chi connectivity index (χ4n) is 3.16. The summed E-state index contributed by atoms with van der Waals surface area (Å²) >= 11 is 0. The van der Waals surface area contributed by atoms with Gasteiger partial charge in [-0.15, -0.1) is 0 Å². The highest BCUT2D eigenvalue weighted by Crippen LogP contribution is 2.35. The summed E-state index contributed by atoms with van der Waals surface area (Å²) in [6.45, 7) is 7.97. The number of aryl methyl sites for hydroxylation is 1. The van der Waals surface area contributed by atoms with Gasteiger partial charge in [-0.05, 0) is 44.2 Å². The van der Waals surface area contributed by atoms with Crippen molar-refractivity contribution in [1.29, 1.82) is 0 Å². The Hall–Kier alpha value is -1.51. The van der Waals surface area contributed by atoms with Crippen LogP contribution in [-0.2, 0) is 0 Å². The van der Waals surface area contributed by atoms with Gasteiger partial charge in [-0.25, -0.2) is 0 Å². The minimum atomic E-state index is 0.0430. The second-order valence-corrected chi connectivity index (χ2v) is 6.63. The van der Waals surface area contributed by atoms with Crippen molar-refractivity contribution in [3.63, 3.8) is 0 Å². The molecule has 0 bridgehead atoms. The summed E-state index contributed by atoms with van der Waals surface area (Å²) in [5, 5.41) is 6.43. The van der Waals surface area contributed by atoms with Gasteiger partial charge in [0.2, 0.25) is 0 Å². The van der Waals surface area contributed by atoms with E-state index in [1.807, 2.05) is 32.0 Å². The number of carbonyl (C=O) groups excluding carboxylic acids is 1. The molecule has 3 nitrogen and oxygen atoms in total. The third-order valence-electron chi connectivity index (χ3n) is 4.52. The molecule has 0 saturated heterocycles. The van der Waals surface area contributed by atoms with Crippen LogP contribution in [0.25, 0.3) is 0 Å². The van der Waals surface area contributed by atoms with E-state index in [-0.39, 0.29) is 11.3 Å². The van der Waals surface area contributed by atoms with Crippen LogP contribution in [0.2, 0.25) is 0 Å². The Labute approximate surface area is 128 Å². The van der Waals surface area contributed by atoms with Crippen LogP contribution in [0.1, 0.15) is 61.9 Å². The van der Waals surface area contributed by atoms with Gasteiger partial charge >= 0.3 is 0 Å². The van der Waals surface area contributed by atoms with E-state index in [0.717, 1.165) is 29.9 Å². The summed E-state index contributed by atoms with van der Waals surface area (Å²) in [5.74, 6) is 0.0430. The molecule has 116 valence electrons. The minimum absolute atomic E-state index is 0.0430. The smallest absolute Gasteiger partial charge is 0.253 e. The first-order valence-corrected chi connectivity index (χ1v) is 8.17. The lowest BCUT2D eigenvalue weighted by Crippen LogP contribution is -2.37. The number of hydrogen-bond donors (Lipinski definition) is 2. The van der Waals surface area contributed by atoms with Crippen LogP contribution in [0.3, 0.4) is 0 Å². The lowest BCUT2D eigenvalue weighted by molar-refractivity contribution is 0.0920. The van der Waals surface area contributed by atoms with Crippen LogP contribution in [0.15, 0.2) is 18.2 Å². The van der Waals surface area contributed by atoms with Crippen molar-refractivity contribution in [3.8, 4) is 0 Å². The molecule has 1 fully saturated rings. The fourth-order valence-corrected chi connectivity index (χ4v) is 3.16. The molecule has 3 heteroatoms. The third-order valence-corrected chi connectivity index (χ3v) is 4.52. The van der Waals surface area contributed by atoms with E-state index in [1.54, 1.807) is 0 Å². The van der Waals surface area contributed by atoms with Crippen LogP contribution >= 0.6 is 0 Å². The van der Waals surface area contributed by atoms with E-state index in [2.05, 4.69) is 17.6 Å². The summed E-state index contributed by atoms with van der Waals surface area (Å²) in [5.41, 5.74) is 3.08. The molecule has 1 aromatic carbocycles. The molecule has 1 aromatic rings. The molecule has 0 spiro atoms. The van der Waals surface area contributed by atoms with Gasteiger partial charge in [-0.3, -0.25) is 4.79 Å². The monoisotopic (exact) mass is 288 g/mol. The molecule has 1 saturated carbocycles. The number of nitrogens with one attached hydrogen (secondary N) is 2. The topological polar surface area (TPSA) is 41.1 Å². The number of anilines is 1. The average molecular weight is 288 g/mol. The van der Waals surface area contributed by atoms with Crippen molar-refractivity contribution in [3.05, 3.63) is 29.3 Å². The van der Waals surface area contributed by atoms with Gasteiger partial charge in [0, 0.05) is 18.8 Å². The molecule has 1 amide bonds. The molecule has 21 heavy (non-hydrogen) atoms. The van der Waals surface area contributed by atoms with Crippen molar-refractivity contribution in [2.75, 3.05) is 18.4 Å². The highest BCUT2D eigenvalue weighted by atomic mass is 16.1. The maximum Gasteiger partial charge on any atom is 0.253 e. The molecule has 0 aliphatic heterocycles. The molecule has 0 aromatic heterocycles. The quantitative estimate of drug-likeness (QED) is 0.855. The Balaban J connectivity index is 2.04. The Bertz CT molecular complexity index is 490. The Morgan fingerprint density at radius 2 is 1.95 bits per heavy atom. The summed E-state index contributed by atoms with van der Waals surface area (Å²) < 4.78 is 0. The first kappa shape index (κ1) is 15.9. The van der Waals surface area contributed by atoms with Gasteiger partial charge in [-0.2, -0.15) is 0 Å². The SMILES string of the molecule is CCNc1ccc(C)cc1C(=O)NCC1(C)CCCCC1. The standard InChI is InChI=1S/C18H28N2O/c1-4-19-16-9-8-14(2)12-15(16)17(21)20-13-18(3)10-6-5-7-11-18/h8-9,12,19H,4-7,10-11,13H2,1-3H3,(H,20,21). The van der Waals surface area contributed by atoms with Crippen LogP contribution in [0.4, 0.5) is 5.69 Å². The summed E-state index contributed by atoms with van der Waals surface area (Å²) in [6, 6.07) is 6.00. The maximum absolute atomic E-state index is 12.5. The number of hydrogen-bond acceptors (Lipinski definition) is 2. The molecule has 2 rings (SSSR count). The zero-order valence-electron chi connectivity index (χ0n) is 13.6. The summed E-state index contributed by atoms with van der Waals surface area (Å²) in [4.78, 5) is 12.5. The third kappa shape index (κ3) is 4.23. The predicted octanol–water partition coefficient (Wildman–Crippen LogP) is 4.13. The number of rotatable bonds is 5. The van der Waals surface area contributed by atoms with E-state index in [0.29, 0.717) is 0 Å². The van der Waals surface area contributed by atoms with Crippen molar-refractivity contribution < 1.29 is 4.79 Å². The van der Waals surface area contributed by atoms with Gasteiger partial charge in [0.05, 0.1) is 5.56 Å². The van der Waals surface area contributed by atoms with E-state index < -0.39 is 0 Å². The van der Waals surface area contributed by atoms with E-state index in [4.69, 9.17) is 0 Å². The lowest BCUT2D eigenvalue weighted by atomic mass is 9.76. The Morgan fingerprint density at radius 1 is 1.24 bits per heavy atom. The zero-order chi connectivity index (χ0) is 15.3. The minimum Gasteiger partial charge on any atom is -0.385 e.